The molecule has 36 heavy (non-hydrogen) atoms. The first-order valence-corrected chi connectivity index (χ1v) is 12.7. The van der Waals surface area contributed by atoms with Gasteiger partial charge in [-0.05, 0) is 35.4 Å². The van der Waals surface area contributed by atoms with Gasteiger partial charge in [-0.3, -0.25) is 0 Å². The second kappa shape index (κ2) is 12.8. The van der Waals surface area contributed by atoms with Crippen LogP contribution in [0.1, 0.15) is 33.4 Å². The lowest BCUT2D eigenvalue weighted by Gasteiger charge is -2.14. The monoisotopic (exact) mass is 520 g/mol. The van der Waals surface area contributed by atoms with Gasteiger partial charge in [0.1, 0.15) is 11.5 Å². The third-order valence-electron chi connectivity index (χ3n) is 6.05. The molecule has 0 aliphatic heterocycles. The molecule has 186 valence electrons. The third-order valence-corrected chi connectivity index (χ3v) is 6.49. The van der Waals surface area contributed by atoms with Gasteiger partial charge in [-0.2, -0.15) is 0 Å². The van der Waals surface area contributed by atoms with Crippen LogP contribution in [0, 0.1) is 0 Å². The van der Waals surface area contributed by atoms with Gasteiger partial charge in [-0.15, -0.1) is 0 Å². The van der Waals surface area contributed by atoms with Gasteiger partial charge in [0.2, 0.25) is 0 Å². The smallest absolute Gasteiger partial charge is 0.123 e. The lowest BCUT2D eigenvalue weighted by Crippen LogP contribution is -2.27. The maximum absolute atomic E-state index is 10.8. The van der Waals surface area contributed by atoms with Crippen LogP contribution in [0.2, 0.25) is 10.0 Å². The molecular weight excluding hydrogens is 491 g/mol. The van der Waals surface area contributed by atoms with Crippen molar-refractivity contribution in [2.45, 2.75) is 25.9 Å². The minimum atomic E-state index is 0.276. The maximum atomic E-state index is 10.8. The largest absolute Gasteiger partial charge is 0.507 e. The zero-order valence-electron chi connectivity index (χ0n) is 20.0. The molecule has 0 radical (unpaired) electrons. The predicted molar refractivity (Wildman–Crippen MR) is 148 cm³/mol. The van der Waals surface area contributed by atoms with Gasteiger partial charge in [0.15, 0.2) is 0 Å². The zero-order valence-corrected chi connectivity index (χ0v) is 21.5. The molecule has 0 unspecified atom stereocenters. The van der Waals surface area contributed by atoms with Crippen molar-refractivity contribution in [3.8, 4) is 11.5 Å². The number of hydrogen-bond donors (Lipinski definition) is 4. The topological polar surface area (TPSA) is 64.5 Å². The lowest BCUT2D eigenvalue weighted by molar-refractivity contribution is 0.455. The van der Waals surface area contributed by atoms with Gasteiger partial charge in [0.25, 0.3) is 0 Å². The summed E-state index contributed by atoms with van der Waals surface area (Å²) in [6.45, 7) is 2.36. The van der Waals surface area contributed by atoms with Crippen LogP contribution in [0.4, 0.5) is 0 Å². The molecule has 0 saturated heterocycles. The first-order valence-electron chi connectivity index (χ1n) is 12.0. The van der Waals surface area contributed by atoms with Crippen LogP contribution in [0.5, 0.6) is 11.5 Å². The summed E-state index contributed by atoms with van der Waals surface area (Å²) in [5, 5.41) is 29.4. The molecule has 6 heteroatoms. The van der Waals surface area contributed by atoms with Crippen LogP contribution in [0.15, 0.2) is 84.9 Å². The first-order chi connectivity index (χ1) is 17.5. The normalized spacial score (nSPS) is 11.1. The van der Waals surface area contributed by atoms with Crippen molar-refractivity contribution < 1.29 is 10.2 Å². The summed E-state index contributed by atoms with van der Waals surface area (Å²) in [6, 6.07) is 27.3. The molecule has 4 aromatic rings. The molecule has 0 aromatic heterocycles. The second-order valence-corrected chi connectivity index (χ2v) is 9.70. The van der Waals surface area contributed by atoms with E-state index in [1.54, 1.807) is 12.1 Å². The fourth-order valence-electron chi connectivity index (χ4n) is 4.23. The van der Waals surface area contributed by atoms with Gasteiger partial charge in [0.05, 0.1) is 0 Å². The quantitative estimate of drug-likeness (QED) is 0.171. The number of nitrogens with one attached hydrogen (secondary N) is 2. The Balaban J connectivity index is 1.28. The van der Waals surface area contributed by atoms with Crippen LogP contribution in [-0.2, 0) is 25.9 Å². The Bertz CT molecular complexity index is 1180. The summed E-state index contributed by atoms with van der Waals surface area (Å²) in [5.74, 6) is 0.553. The van der Waals surface area contributed by atoms with Crippen molar-refractivity contribution in [3.63, 3.8) is 0 Å². The average Bonchev–Trinajstić information content (AvgIpc) is 2.87. The lowest BCUT2D eigenvalue weighted by atomic mass is 10.0. The zero-order chi connectivity index (χ0) is 25.3. The van der Waals surface area contributed by atoms with Crippen LogP contribution in [0.3, 0.4) is 0 Å². The third kappa shape index (κ3) is 7.25. The molecule has 0 aliphatic rings. The molecule has 0 aliphatic carbocycles. The molecule has 0 bridgehead atoms. The number of halogens is 2. The van der Waals surface area contributed by atoms with E-state index in [0.717, 1.165) is 33.4 Å². The molecule has 4 aromatic carbocycles. The molecule has 0 amide bonds. The fraction of sp³-hybridized carbons (Fsp3) is 0.200. The summed E-state index contributed by atoms with van der Waals surface area (Å²) in [4.78, 5) is 0. The van der Waals surface area contributed by atoms with Crippen LogP contribution in [0.25, 0.3) is 0 Å². The molecular formula is C30H30Cl2N2O2. The Morgan fingerprint density at radius 2 is 0.889 bits per heavy atom. The number of benzene rings is 4. The Hall–Kier alpha value is -3.02. The first kappa shape index (κ1) is 26.1. The van der Waals surface area contributed by atoms with E-state index >= 15 is 0 Å². The van der Waals surface area contributed by atoms with E-state index < -0.39 is 0 Å². The highest BCUT2D eigenvalue weighted by Gasteiger charge is 2.12. The van der Waals surface area contributed by atoms with E-state index in [1.165, 1.54) is 0 Å². The summed E-state index contributed by atoms with van der Waals surface area (Å²) < 4.78 is 0. The summed E-state index contributed by atoms with van der Waals surface area (Å²) in [7, 11) is 0. The number of hydrogen-bond acceptors (Lipinski definition) is 4. The molecule has 0 saturated carbocycles. The minimum Gasteiger partial charge on any atom is -0.507 e. The van der Waals surface area contributed by atoms with E-state index in [0.29, 0.717) is 49.1 Å². The van der Waals surface area contributed by atoms with E-state index in [9.17, 15) is 10.2 Å². The van der Waals surface area contributed by atoms with E-state index in [2.05, 4.69) is 10.6 Å². The molecule has 0 fully saturated rings. The van der Waals surface area contributed by atoms with Crippen LogP contribution >= 0.6 is 23.2 Å². The van der Waals surface area contributed by atoms with Gasteiger partial charge >= 0.3 is 0 Å². The van der Waals surface area contributed by atoms with Crippen molar-refractivity contribution in [2.24, 2.45) is 0 Å². The molecule has 0 heterocycles. The van der Waals surface area contributed by atoms with Gasteiger partial charge in [-0.1, -0.05) is 83.9 Å². The fourth-order valence-corrected chi connectivity index (χ4v) is 4.76. The molecule has 4 rings (SSSR count). The maximum Gasteiger partial charge on any atom is 0.123 e. The van der Waals surface area contributed by atoms with Crippen LogP contribution in [-0.4, -0.2) is 23.3 Å². The van der Waals surface area contributed by atoms with Gasteiger partial charge < -0.3 is 20.8 Å². The SMILES string of the molecule is Oc1c(CNCCNCc2cc(Cl)cc(Cc3ccccc3)c2O)cc(Cl)cc1Cc1ccccc1. The van der Waals surface area contributed by atoms with E-state index in [4.69, 9.17) is 23.2 Å². The minimum absolute atomic E-state index is 0.276. The summed E-state index contributed by atoms with van der Waals surface area (Å²) >= 11 is 12.6. The Kier molecular flexibility index (Phi) is 9.26. The second-order valence-electron chi connectivity index (χ2n) is 8.82. The number of aromatic hydroxyl groups is 2. The Morgan fingerprint density at radius 3 is 1.28 bits per heavy atom. The van der Waals surface area contributed by atoms with Crippen molar-refractivity contribution >= 4 is 23.2 Å². The van der Waals surface area contributed by atoms with Crippen molar-refractivity contribution in [2.75, 3.05) is 13.1 Å². The van der Waals surface area contributed by atoms with Gasteiger partial charge in [0, 0.05) is 71.3 Å². The number of phenolic OH excluding ortho intramolecular Hbond substituents is 2. The molecule has 0 spiro atoms. The van der Waals surface area contributed by atoms with Crippen molar-refractivity contribution in [3.05, 3.63) is 128 Å². The standard InChI is InChI=1S/C30H30Cl2N2O2/c31-27-15-23(13-21-7-3-1-4-8-21)29(35)25(17-27)19-33-11-12-34-20-26-18-28(32)16-24(30(26)36)14-22-9-5-2-6-10-22/h1-10,15-18,33-36H,11-14,19-20H2. The van der Waals surface area contributed by atoms with Gasteiger partial charge in [-0.25, -0.2) is 0 Å². The molecule has 4 N–H and O–H groups in total. The van der Waals surface area contributed by atoms with E-state index in [-0.39, 0.29) is 11.5 Å². The molecule has 4 nitrogen and oxygen atoms in total. The summed E-state index contributed by atoms with van der Waals surface area (Å²) in [6.07, 6.45) is 1.24. The highest BCUT2D eigenvalue weighted by molar-refractivity contribution is 6.31. The number of rotatable bonds is 11. The Labute approximate surface area is 222 Å². The Morgan fingerprint density at radius 1 is 0.528 bits per heavy atom. The van der Waals surface area contributed by atoms with E-state index in [1.807, 2.05) is 72.8 Å². The highest BCUT2D eigenvalue weighted by Crippen LogP contribution is 2.30. The highest BCUT2D eigenvalue weighted by atomic mass is 35.5. The summed E-state index contributed by atoms with van der Waals surface area (Å²) in [5.41, 5.74) is 5.40. The molecule has 0 atom stereocenters. The predicted octanol–water partition coefficient (Wildman–Crippen LogP) is 6.47. The van der Waals surface area contributed by atoms with Crippen molar-refractivity contribution in [1.82, 2.24) is 10.6 Å². The average molecular weight is 521 g/mol. The van der Waals surface area contributed by atoms with Crippen molar-refractivity contribution in [1.29, 1.82) is 0 Å². The number of phenols is 2. The van der Waals surface area contributed by atoms with Crippen LogP contribution < -0.4 is 10.6 Å².